The van der Waals surface area contributed by atoms with Crippen LogP contribution in [0.15, 0.2) is 17.0 Å². The van der Waals surface area contributed by atoms with Crippen molar-refractivity contribution in [3.8, 4) is 0 Å². The van der Waals surface area contributed by atoms with Crippen LogP contribution in [0.4, 0.5) is 0 Å². The number of carboxylic acid groups (broad SMARTS) is 1. The van der Waals surface area contributed by atoms with Crippen LogP contribution in [-0.4, -0.2) is 21.0 Å². The van der Waals surface area contributed by atoms with Crippen molar-refractivity contribution in [2.45, 2.75) is 50.8 Å². The smallest absolute Gasteiger partial charge is 0.336 e. The minimum atomic E-state index is -1.08. The van der Waals surface area contributed by atoms with Gasteiger partial charge >= 0.3 is 5.97 Å². The SMILES string of the molecule is CCc1c(C(=O)O)ccc(C(C)C)c1[S@](=O)CC1CC1. The second-order valence-electron chi connectivity index (χ2n) is 5.78. The molecule has 0 unspecified atom stereocenters. The molecule has 1 aliphatic carbocycles. The average molecular weight is 294 g/mol. The highest BCUT2D eigenvalue weighted by Crippen LogP contribution is 2.35. The lowest BCUT2D eigenvalue weighted by molar-refractivity contribution is 0.0695. The van der Waals surface area contributed by atoms with Gasteiger partial charge in [-0.2, -0.15) is 0 Å². The Morgan fingerprint density at radius 1 is 1.40 bits per heavy atom. The summed E-state index contributed by atoms with van der Waals surface area (Å²) < 4.78 is 12.7. The van der Waals surface area contributed by atoms with Crippen molar-refractivity contribution in [1.82, 2.24) is 0 Å². The van der Waals surface area contributed by atoms with Gasteiger partial charge in [0.05, 0.1) is 16.4 Å². The Hall–Kier alpha value is -1.16. The second kappa shape index (κ2) is 6.08. The fourth-order valence-electron chi connectivity index (χ4n) is 2.50. The predicted octanol–water partition coefficient (Wildman–Crippen LogP) is 3.59. The molecule has 0 aliphatic heterocycles. The number of benzene rings is 1. The summed E-state index contributed by atoms with van der Waals surface area (Å²) in [4.78, 5) is 12.2. The molecule has 110 valence electrons. The Kier molecular flexibility index (Phi) is 4.63. The van der Waals surface area contributed by atoms with E-state index in [0.717, 1.165) is 28.9 Å². The minimum Gasteiger partial charge on any atom is -0.478 e. The molecule has 0 radical (unpaired) electrons. The number of aromatic carboxylic acids is 1. The van der Waals surface area contributed by atoms with E-state index in [-0.39, 0.29) is 5.92 Å². The second-order valence-corrected chi connectivity index (χ2v) is 7.21. The minimum absolute atomic E-state index is 0.251. The fourth-order valence-corrected chi connectivity index (χ4v) is 4.53. The summed E-state index contributed by atoms with van der Waals surface area (Å²) in [6, 6.07) is 3.50. The normalized spacial score (nSPS) is 16.4. The number of carboxylic acids is 1. The lowest BCUT2D eigenvalue weighted by atomic mass is 9.96. The van der Waals surface area contributed by atoms with E-state index in [0.29, 0.717) is 23.7 Å². The molecule has 2 rings (SSSR count). The molecule has 1 fully saturated rings. The van der Waals surface area contributed by atoms with Gasteiger partial charge in [-0.3, -0.25) is 4.21 Å². The lowest BCUT2D eigenvalue weighted by Gasteiger charge is -2.18. The first-order valence-corrected chi connectivity index (χ1v) is 8.55. The van der Waals surface area contributed by atoms with E-state index >= 15 is 0 Å². The molecule has 1 aliphatic rings. The molecule has 0 saturated heterocycles. The van der Waals surface area contributed by atoms with Gasteiger partial charge in [0.2, 0.25) is 0 Å². The van der Waals surface area contributed by atoms with Crippen LogP contribution in [0, 0.1) is 5.92 Å². The van der Waals surface area contributed by atoms with Gasteiger partial charge < -0.3 is 5.11 Å². The van der Waals surface area contributed by atoms with Gasteiger partial charge in [-0.05, 0) is 48.3 Å². The van der Waals surface area contributed by atoms with Crippen LogP contribution >= 0.6 is 0 Å². The number of hydrogen-bond donors (Lipinski definition) is 1. The van der Waals surface area contributed by atoms with Crippen LogP contribution < -0.4 is 0 Å². The Balaban J connectivity index is 2.54. The Morgan fingerprint density at radius 2 is 2.05 bits per heavy atom. The van der Waals surface area contributed by atoms with Crippen molar-refractivity contribution < 1.29 is 14.1 Å². The molecular formula is C16H22O3S. The van der Waals surface area contributed by atoms with Crippen LogP contribution in [0.3, 0.4) is 0 Å². The average Bonchev–Trinajstić information content (AvgIpc) is 3.20. The summed E-state index contributed by atoms with van der Waals surface area (Å²) in [6.45, 7) is 6.06. The van der Waals surface area contributed by atoms with Crippen LogP contribution in [0.2, 0.25) is 0 Å². The molecule has 4 heteroatoms. The highest BCUT2D eigenvalue weighted by Gasteiger charge is 2.28. The molecule has 0 aromatic heterocycles. The molecule has 1 aromatic carbocycles. The van der Waals surface area contributed by atoms with Gasteiger partial charge in [0.25, 0.3) is 0 Å². The van der Waals surface area contributed by atoms with Crippen LogP contribution in [-0.2, 0) is 17.2 Å². The molecular weight excluding hydrogens is 272 g/mol. The molecule has 1 saturated carbocycles. The zero-order chi connectivity index (χ0) is 14.9. The fraction of sp³-hybridized carbons (Fsp3) is 0.562. The van der Waals surface area contributed by atoms with Crippen LogP contribution in [0.5, 0.6) is 0 Å². The zero-order valence-electron chi connectivity index (χ0n) is 12.3. The van der Waals surface area contributed by atoms with Gasteiger partial charge in [0, 0.05) is 10.6 Å². The first-order valence-electron chi connectivity index (χ1n) is 7.23. The molecule has 1 aromatic rings. The largest absolute Gasteiger partial charge is 0.478 e. The maximum Gasteiger partial charge on any atom is 0.336 e. The molecule has 1 N–H and O–H groups in total. The van der Waals surface area contributed by atoms with Crippen molar-refractivity contribution in [1.29, 1.82) is 0 Å². The maximum absolute atomic E-state index is 12.7. The van der Waals surface area contributed by atoms with Crippen LogP contribution in [0.25, 0.3) is 0 Å². The van der Waals surface area contributed by atoms with E-state index in [2.05, 4.69) is 13.8 Å². The number of carbonyl (C=O) groups is 1. The number of hydrogen-bond acceptors (Lipinski definition) is 2. The standard InChI is InChI=1S/C16H22O3S/c1-4-12-14(16(17)18)8-7-13(10(2)3)15(12)20(19)9-11-5-6-11/h7-8,10-11H,4-6,9H2,1-3H3,(H,17,18)/t20-/m1/s1. The van der Waals surface area contributed by atoms with Gasteiger partial charge in [0.1, 0.15) is 0 Å². The molecule has 0 amide bonds. The third-order valence-corrected chi connectivity index (χ3v) is 5.52. The molecule has 0 spiro atoms. The van der Waals surface area contributed by atoms with E-state index in [1.165, 1.54) is 0 Å². The topological polar surface area (TPSA) is 54.4 Å². The molecule has 0 heterocycles. The Bertz CT molecular complexity index is 545. The van der Waals surface area contributed by atoms with E-state index in [9.17, 15) is 14.1 Å². The lowest BCUT2D eigenvalue weighted by Crippen LogP contribution is -2.12. The monoisotopic (exact) mass is 294 g/mol. The van der Waals surface area contributed by atoms with Gasteiger partial charge in [-0.15, -0.1) is 0 Å². The molecule has 3 nitrogen and oxygen atoms in total. The van der Waals surface area contributed by atoms with Crippen molar-refractivity contribution in [3.05, 3.63) is 28.8 Å². The number of rotatable bonds is 6. The van der Waals surface area contributed by atoms with E-state index in [1.54, 1.807) is 6.07 Å². The first-order chi connectivity index (χ1) is 9.45. The van der Waals surface area contributed by atoms with E-state index in [1.807, 2.05) is 13.0 Å². The van der Waals surface area contributed by atoms with Crippen molar-refractivity contribution in [2.75, 3.05) is 5.75 Å². The third kappa shape index (κ3) is 3.11. The Labute approximate surface area is 122 Å². The van der Waals surface area contributed by atoms with Crippen molar-refractivity contribution in [3.63, 3.8) is 0 Å². The highest BCUT2D eigenvalue weighted by molar-refractivity contribution is 7.85. The molecule has 1 atom stereocenters. The predicted molar refractivity (Wildman–Crippen MR) is 80.9 cm³/mol. The quantitative estimate of drug-likeness (QED) is 0.872. The van der Waals surface area contributed by atoms with E-state index in [4.69, 9.17) is 0 Å². The summed E-state index contributed by atoms with van der Waals surface area (Å²) in [7, 11) is -1.08. The Morgan fingerprint density at radius 3 is 2.50 bits per heavy atom. The molecule has 0 bridgehead atoms. The van der Waals surface area contributed by atoms with Gasteiger partial charge in [0.15, 0.2) is 0 Å². The molecule has 20 heavy (non-hydrogen) atoms. The van der Waals surface area contributed by atoms with Crippen molar-refractivity contribution in [2.24, 2.45) is 5.92 Å². The summed E-state index contributed by atoms with van der Waals surface area (Å²) in [5.41, 5.74) is 2.09. The third-order valence-electron chi connectivity index (χ3n) is 3.81. The van der Waals surface area contributed by atoms with Crippen molar-refractivity contribution >= 4 is 16.8 Å². The summed E-state index contributed by atoms with van der Waals surface area (Å²) in [5.74, 6) is 0.563. The maximum atomic E-state index is 12.7. The summed E-state index contributed by atoms with van der Waals surface area (Å²) in [6.07, 6.45) is 2.92. The summed E-state index contributed by atoms with van der Waals surface area (Å²) in [5, 5.41) is 9.33. The van der Waals surface area contributed by atoms with E-state index < -0.39 is 16.8 Å². The highest BCUT2D eigenvalue weighted by atomic mass is 32.2. The first kappa shape index (κ1) is 15.2. The summed E-state index contributed by atoms with van der Waals surface area (Å²) >= 11 is 0. The van der Waals surface area contributed by atoms with Gasteiger partial charge in [-0.25, -0.2) is 4.79 Å². The van der Waals surface area contributed by atoms with Crippen LogP contribution in [0.1, 0.15) is 61.0 Å². The zero-order valence-corrected chi connectivity index (χ0v) is 13.1. The van der Waals surface area contributed by atoms with Gasteiger partial charge in [-0.1, -0.05) is 26.8 Å².